The second kappa shape index (κ2) is 10.2. The average Bonchev–Trinajstić information content (AvgIpc) is 3.24. The van der Waals surface area contributed by atoms with Crippen molar-refractivity contribution in [3.8, 4) is 11.5 Å². The highest BCUT2D eigenvalue weighted by Gasteiger charge is 2.36. The number of benzene rings is 1. The SMILES string of the molecule is CC(C)C(=O)OCC1(COC(=O)N(C)C(C)Cc2ccc3c(c2)OCO3)CCCCC1. The van der Waals surface area contributed by atoms with E-state index in [2.05, 4.69) is 0 Å². The second-order valence-corrected chi connectivity index (χ2v) is 9.23. The highest BCUT2D eigenvalue weighted by atomic mass is 16.7. The van der Waals surface area contributed by atoms with E-state index in [1.54, 1.807) is 11.9 Å². The number of carbonyl (C=O) groups excluding carboxylic acids is 2. The molecule has 1 amide bonds. The van der Waals surface area contributed by atoms with E-state index in [9.17, 15) is 9.59 Å². The van der Waals surface area contributed by atoms with Crippen LogP contribution in [0.4, 0.5) is 4.79 Å². The smallest absolute Gasteiger partial charge is 0.409 e. The van der Waals surface area contributed by atoms with Crippen molar-refractivity contribution in [2.45, 2.75) is 65.3 Å². The Balaban J connectivity index is 1.53. The number of hydrogen-bond donors (Lipinski definition) is 0. The van der Waals surface area contributed by atoms with Gasteiger partial charge in [-0.2, -0.15) is 0 Å². The normalized spacial score (nSPS) is 17.8. The minimum absolute atomic E-state index is 0.0473. The first-order valence-corrected chi connectivity index (χ1v) is 11.2. The molecule has 0 aromatic heterocycles. The highest BCUT2D eigenvalue weighted by molar-refractivity contribution is 5.71. The molecule has 0 spiro atoms. The van der Waals surface area contributed by atoms with Gasteiger partial charge in [0, 0.05) is 18.5 Å². The molecule has 1 unspecified atom stereocenters. The zero-order chi connectivity index (χ0) is 22.4. The molecule has 1 aromatic carbocycles. The number of fused-ring (bicyclic) bond motifs is 1. The summed E-state index contributed by atoms with van der Waals surface area (Å²) in [5.74, 6) is 1.13. The van der Waals surface area contributed by atoms with Gasteiger partial charge in [-0.3, -0.25) is 4.79 Å². The van der Waals surface area contributed by atoms with E-state index >= 15 is 0 Å². The number of rotatable bonds is 8. The molecule has 1 atom stereocenters. The monoisotopic (exact) mass is 433 g/mol. The molecule has 0 saturated heterocycles. The topological polar surface area (TPSA) is 74.3 Å². The van der Waals surface area contributed by atoms with E-state index in [1.165, 1.54) is 6.42 Å². The standard InChI is InChI=1S/C24H35NO6/c1-17(2)22(26)28-14-24(10-6-5-7-11-24)15-29-23(27)25(4)18(3)12-19-8-9-20-21(13-19)31-16-30-20/h8-9,13,17-18H,5-7,10-12,14-16H2,1-4H3. The third kappa shape index (κ3) is 6.05. The van der Waals surface area contributed by atoms with Crippen LogP contribution in [0.15, 0.2) is 18.2 Å². The molecule has 172 valence electrons. The van der Waals surface area contributed by atoms with Crippen molar-refractivity contribution in [2.24, 2.45) is 11.3 Å². The van der Waals surface area contributed by atoms with Crippen LogP contribution in [0.25, 0.3) is 0 Å². The van der Waals surface area contributed by atoms with Gasteiger partial charge in [-0.05, 0) is 43.9 Å². The van der Waals surface area contributed by atoms with Gasteiger partial charge >= 0.3 is 12.1 Å². The lowest BCUT2D eigenvalue weighted by molar-refractivity contribution is -0.153. The van der Waals surface area contributed by atoms with Gasteiger partial charge in [-0.25, -0.2) is 4.79 Å². The van der Waals surface area contributed by atoms with Crippen molar-refractivity contribution in [3.05, 3.63) is 23.8 Å². The Morgan fingerprint density at radius 2 is 1.71 bits per heavy atom. The van der Waals surface area contributed by atoms with E-state index in [0.29, 0.717) is 13.0 Å². The van der Waals surface area contributed by atoms with Crippen LogP contribution < -0.4 is 9.47 Å². The molecule has 0 N–H and O–H groups in total. The highest BCUT2D eigenvalue weighted by Crippen LogP contribution is 2.37. The molecule has 1 aromatic rings. The molecule has 0 bridgehead atoms. The minimum Gasteiger partial charge on any atom is -0.465 e. The summed E-state index contributed by atoms with van der Waals surface area (Å²) in [6, 6.07) is 5.80. The fraction of sp³-hybridized carbons (Fsp3) is 0.667. The van der Waals surface area contributed by atoms with Gasteiger partial charge < -0.3 is 23.8 Å². The summed E-state index contributed by atoms with van der Waals surface area (Å²) in [7, 11) is 1.76. The van der Waals surface area contributed by atoms with Gasteiger partial charge in [0.25, 0.3) is 0 Å². The van der Waals surface area contributed by atoms with Gasteiger partial charge in [0.2, 0.25) is 6.79 Å². The van der Waals surface area contributed by atoms with Crippen LogP contribution in [0, 0.1) is 11.3 Å². The average molecular weight is 434 g/mol. The molecule has 1 aliphatic carbocycles. The molecule has 1 fully saturated rings. The molecular formula is C24H35NO6. The molecular weight excluding hydrogens is 398 g/mol. The maximum absolute atomic E-state index is 12.7. The summed E-state index contributed by atoms with van der Waals surface area (Å²) in [5, 5.41) is 0. The maximum atomic E-state index is 12.7. The van der Waals surface area contributed by atoms with Crippen molar-refractivity contribution in [3.63, 3.8) is 0 Å². The van der Waals surface area contributed by atoms with Crippen LogP contribution in [0.3, 0.4) is 0 Å². The van der Waals surface area contributed by atoms with Crippen molar-refractivity contribution in [1.82, 2.24) is 4.90 Å². The van der Waals surface area contributed by atoms with E-state index in [0.717, 1.165) is 42.7 Å². The Morgan fingerprint density at radius 1 is 1.03 bits per heavy atom. The quantitative estimate of drug-likeness (QED) is 0.560. The van der Waals surface area contributed by atoms with E-state index in [4.69, 9.17) is 18.9 Å². The summed E-state index contributed by atoms with van der Waals surface area (Å²) >= 11 is 0. The van der Waals surface area contributed by atoms with Crippen LogP contribution in [0.2, 0.25) is 0 Å². The van der Waals surface area contributed by atoms with Crippen LogP contribution in [0.1, 0.15) is 58.4 Å². The molecule has 7 heteroatoms. The van der Waals surface area contributed by atoms with E-state index < -0.39 is 0 Å². The van der Waals surface area contributed by atoms with Gasteiger partial charge in [0.05, 0.1) is 5.92 Å². The summed E-state index contributed by atoms with van der Waals surface area (Å²) < 4.78 is 22.0. The molecule has 31 heavy (non-hydrogen) atoms. The number of ether oxygens (including phenoxy) is 4. The largest absolute Gasteiger partial charge is 0.465 e. The molecule has 0 radical (unpaired) electrons. The van der Waals surface area contributed by atoms with Crippen LogP contribution in [-0.2, 0) is 20.7 Å². The van der Waals surface area contributed by atoms with Gasteiger partial charge in [-0.1, -0.05) is 39.2 Å². The van der Waals surface area contributed by atoms with Gasteiger partial charge in [-0.15, -0.1) is 0 Å². The Bertz CT molecular complexity index is 771. The first-order chi connectivity index (χ1) is 14.8. The third-order valence-corrected chi connectivity index (χ3v) is 6.33. The Hall–Kier alpha value is -2.44. The zero-order valence-electron chi connectivity index (χ0n) is 19.1. The number of amides is 1. The van der Waals surface area contributed by atoms with Crippen LogP contribution in [0.5, 0.6) is 11.5 Å². The molecule has 1 aliphatic heterocycles. The number of likely N-dealkylation sites (N-methyl/N-ethyl adjacent to an activating group) is 1. The summed E-state index contributed by atoms with van der Waals surface area (Å²) in [6.45, 7) is 6.48. The van der Waals surface area contributed by atoms with E-state index in [1.807, 2.05) is 39.0 Å². The lowest BCUT2D eigenvalue weighted by atomic mass is 9.75. The predicted molar refractivity (Wildman–Crippen MR) is 116 cm³/mol. The van der Waals surface area contributed by atoms with Crippen molar-refractivity contribution >= 4 is 12.1 Å². The second-order valence-electron chi connectivity index (χ2n) is 9.23. The lowest BCUT2D eigenvalue weighted by Gasteiger charge is -2.37. The van der Waals surface area contributed by atoms with Crippen LogP contribution >= 0.6 is 0 Å². The van der Waals surface area contributed by atoms with Crippen molar-refractivity contribution in [2.75, 3.05) is 27.1 Å². The van der Waals surface area contributed by atoms with Gasteiger partial charge in [0.1, 0.15) is 13.2 Å². The Morgan fingerprint density at radius 3 is 2.42 bits per heavy atom. The summed E-state index contributed by atoms with van der Waals surface area (Å²) in [6.07, 6.45) is 5.43. The predicted octanol–water partition coefficient (Wildman–Crippen LogP) is 4.56. The fourth-order valence-corrected chi connectivity index (χ4v) is 4.07. The van der Waals surface area contributed by atoms with Crippen molar-refractivity contribution in [1.29, 1.82) is 0 Å². The zero-order valence-corrected chi connectivity index (χ0v) is 19.1. The van der Waals surface area contributed by atoms with Crippen molar-refractivity contribution < 1.29 is 28.5 Å². The molecule has 2 aliphatic rings. The molecule has 3 rings (SSSR count). The first kappa shape index (κ1) is 23.2. The molecule has 1 saturated carbocycles. The summed E-state index contributed by atoms with van der Waals surface area (Å²) in [4.78, 5) is 26.3. The first-order valence-electron chi connectivity index (χ1n) is 11.2. The fourth-order valence-electron chi connectivity index (χ4n) is 4.07. The maximum Gasteiger partial charge on any atom is 0.409 e. The number of esters is 1. The minimum atomic E-state index is -0.353. The number of nitrogens with zero attached hydrogens (tertiary/aromatic N) is 1. The third-order valence-electron chi connectivity index (χ3n) is 6.33. The van der Waals surface area contributed by atoms with Gasteiger partial charge in [0.15, 0.2) is 11.5 Å². The van der Waals surface area contributed by atoms with Crippen LogP contribution in [-0.4, -0.2) is 50.1 Å². The van der Waals surface area contributed by atoms with E-state index in [-0.39, 0.29) is 42.8 Å². The Kier molecular flexibility index (Phi) is 7.68. The molecule has 7 nitrogen and oxygen atoms in total. The summed E-state index contributed by atoms with van der Waals surface area (Å²) in [5.41, 5.74) is 0.792. The molecule has 1 heterocycles. The lowest BCUT2D eigenvalue weighted by Crippen LogP contribution is -2.41. The Labute approximate surface area is 185 Å². The number of carbonyl (C=O) groups is 2. The number of hydrogen-bond acceptors (Lipinski definition) is 6.